The van der Waals surface area contributed by atoms with Gasteiger partial charge in [0.15, 0.2) is 18.1 Å². The molecular weight excluding hydrogens is 422 g/mol. The summed E-state index contributed by atoms with van der Waals surface area (Å²) < 4.78 is 16.1. The van der Waals surface area contributed by atoms with Crippen molar-refractivity contribution in [1.82, 2.24) is 0 Å². The zero-order valence-electron chi connectivity index (χ0n) is 18.3. The Labute approximate surface area is 192 Å². The fourth-order valence-corrected chi connectivity index (χ4v) is 2.88. The van der Waals surface area contributed by atoms with E-state index >= 15 is 0 Å². The molecule has 0 aliphatic carbocycles. The van der Waals surface area contributed by atoms with Crippen molar-refractivity contribution in [2.75, 3.05) is 37.2 Å². The molecule has 4 N–H and O–H groups in total. The lowest BCUT2D eigenvalue weighted by molar-refractivity contribution is -0.118. The van der Waals surface area contributed by atoms with Crippen LogP contribution in [0.3, 0.4) is 0 Å². The minimum absolute atomic E-state index is 0.196. The van der Waals surface area contributed by atoms with E-state index in [4.69, 9.17) is 19.9 Å². The quantitative estimate of drug-likeness (QED) is 0.338. The lowest BCUT2D eigenvalue weighted by atomic mass is 10.2. The molecule has 0 saturated heterocycles. The number of ether oxygens (including phenoxy) is 3. The number of methoxy groups -OCH3 is 2. The number of nitrogen functional groups attached to an aromatic ring is 1. The Morgan fingerprint density at radius 3 is 2.36 bits per heavy atom. The second kappa shape index (κ2) is 11.2. The second-order valence-electron chi connectivity index (χ2n) is 6.89. The molecule has 0 atom stereocenters. The zero-order valence-corrected chi connectivity index (χ0v) is 18.3. The van der Waals surface area contributed by atoms with Gasteiger partial charge in [0.2, 0.25) is 5.91 Å². The highest BCUT2D eigenvalue weighted by Gasteiger charge is 2.09. The average Bonchev–Trinajstić information content (AvgIpc) is 2.83. The van der Waals surface area contributed by atoms with Gasteiger partial charge in [0, 0.05) is 11.8 Å². The third-order valence-electron chi connectivity index (χ3n) is 4.57. The molecule has 0 heterocycles. The minimum Gasteiger partial charge on any atom is -0.497 e. The van der Waals surface area contributed by atoms with E-state index in [1.54, 1.807) is 79.9 Å². The monoisotopic (exact) mass is 447 g/mol. The van der Waals surface area contributed by atoms with E-state index in [-0.39, 0.29) is 18.4 Å². The van der Waals surface area contributed by atoms with E-state index < -0.39 is 0 Å². The maximum atomic E-state index is 12.2. The molecular formula is C25H25N3O5. The number of rotatable bonds is 9. The number of carbonyl (C=O) groups is 2. The van der Waals surface area contributed by atoms with Gasteiger partial charge in [-0.3, -0.25) is 9.59 Å². The van der Waals surface area contributed by atoms with Gasteiger partial charge in [-0.15, -0.1) is 0 Å². The Morgan fingerprint density at radius 2 is 1.67 bits per heavy atom. The third kappa shape index (κ3) is 6.76. The summed E-state index contributed by atoms with van der Waals surface area (Å²) in [7, 11) is 3.07. The number of hydrogen-bond acceptors (Lipinski definition) is 6. The third-order valence-corrected chi connectivity index (χ3v) is 4.57. The first-order valence-corrected chi connectivity index (χ1v) is 10.1. The first-order valence-electron chi connectivity index (χ1n) is 10.1. The van der Waals surface area contributed by atoms with Gasteiger partial charge in [-0.05, 0) is 60.2 Å². The van der Waals surface area contributed by atoms with Crippen molar-refractivity contribution < 1.29 is 23.8 Å². The topological polar surface area (TPSA) is 112 Å². The van der Waals surface area contributed by atoms with E-state index in [1.165, 1.54) is 13.2 Å². The van der Waals surface area contributed by atoms with Gasteiger partial charge in [0.25, 0.3) is 5.91 Å². The SMILES string of the molecule is COc1ccc(NC(=O)COc2ccc(/C=C/C(=O)Nc3ccccc3N)cc2OC)cc1. The number of anilines is 3. The van der Waals surface area contributed by atoms with E-state index in [9.17, 15) is 9.59 Å². The molecule has 8 nitrogen and oxygen atoms in total. The van der Waals surface area contributed by atoms with Crippen LogP contribution in [0.4, 0.5) is 17.1 Å². The van der Waals surface area contributed by atoms with E-state index in [0.29, 0.717) is 34.3 Å². The molecule has 3 rings (SSSR count). The van der Waals surface area contributed by atoms with Crippen LogP contribution in [0.25, 0.3) is 6.08 Å². The molecule has 0 aliphatic rings. The van der Waals surface area contributed by atoms with Crippen LogP contribution < -0.4 is 30.6 Å². The van der Waals surface area contributed by atoms with Crippen LogP contribution >= 0.6 is 0 Å². The first-order chi connectivity index (χ1) is 16.0. The molecule has 0 bridgehead atoms. The van der Waals surface area contributed by atoms with Crippen LogP contribution in [-0.2, 0) is 9.59 Å². The normalized spacial score (nSPS) is 10.5. The van der Waals surface area contributed by atoms with Gasteiger partial charge in [0.1, 0.15) is 5.75 Å². The van der Waals surface area contributed by atoms with Gasteiger partial charge >= 0.3 is 0 Å². The number of benzene rings is 3. The number of hydrogen-bond donors (Lipinski definition) is 3. The highest BCUT2D eigenvalue weighted by atomic mass is 16.5. The van der Waals surface area contributed by atoms with Crippen molar-refractivity contribution in [3.05, 3.63) is 78.4 Å². The molecule has 0 aromatic heterocycles. The van der Waals surface area contributed by atoms with E-state index in [2.05, 4.69) is 10.6 Å². The maximum Gasteiger partial charge on any atom is 0.262 e. The van der Waals surface area contributed by atoms with Gasteiger partial charge in [0.05, 0.1) is 25.6 Å². The summed E-state index contributed by atoms with van der Waals surface area (Å²) in [6.45, 7) is -0.196. The van der Waals surface area contributed by atoms with Gasteiger partial charge in [-0.2, -0.15) is 0 Å². The predicted molar refractivity (Wildman–Crippen MR) is 129 cm³/mol. The summed E-state index contributed by atoms with van der Waals surface area (Å²) in [4.78, 5) is 24.3. The number of carbonyl (C=O) groups excluding carboxylic acids is 2. The molecule has 3 aromatic carbocycles. The number of amides is 2. The Hall–Kier alpha value is -4.46. The fraction of sp³-hybridized carbons (Fsp3) is 0.120. The average molecular weight is 447 g/mol. The van der Waals surface area contributed by atoms with E-state index in [0.717, 1.165) is 5.56 Å². The van der Waals surface area contributed by atoms with Crippen LogP contribution in [0.5, 0.6) is 17.2 Å². The molecule has 0 radical (unpaired) electrons. The van der Waals surface area contributed by atoms with Crippen molar-refractivity contribution in [2.45, 2.75) is 0 Å². The molecule has 0 aliphatic heterocycles. The summed E-state index contributed by atoms with van der Waals surface area (Å²) in [6.07, 6.45) is 3.03. The number of nitrogens with two attached hydrogens (primary N) is 1. The van der Waals surface area contributed by atoms with Gasteiger partial charge in [-0.1, -0.05) is 18.2 Å². The highest BCUT2D eigenvalue weighted by Crippen LogP contribution is 2.28. The lowest BCUT2D eigenvalue weighted by Gasteiger charge is -2.12. The van der Waals surface area contributed by atoms with Crippen molar-refractivity contribution in [1.29, 1.82) is 0 Å². The molecule has 2 amide bonds. The summed E-state index contributed by atoms with van der Waals surface area (Å²) >= 11 is 0. The molecule has 0 spiro atoms. The summed E-state index contributed by atoms with van der Waals surface area (Å²) in [5, 5.41) is 5.47. The molecule has 170 valence electrons. The lowest BCUT2D eigenvalue weighted by Crippen LogP contribution is -2.20. The standard InChI is InChI=1S/C25H25N3O5/c1-31-19-11-9-18(10-12-19)27-25(30)16-33-22-13-7-17(15-23(22)32-2)8-14-24(29)28-21-6-4-3-5-20(21)26/h3-15H,16,26H2,1-2H3,(H,27,30)(H,28,29)/b14-8+. The van der Waals surface area contributed by atoms with Gasteiger partial charge < -0.3 is 30.6 Å². The van der Waals surface area contributed by atoms with Crippen LogP contribution in [0.2, 0.25) is 0 Å². The fourth-order valence-electron chi connectivity index (χ4n) is 2.88. The second-order valence-corrected chi connectivity index (χ2v) is 6.89. The van der Waals surface area contributed by atoms with E-state index in [1.807, 2.05) is 0 Å². The molecule has 33 heavy (non-hydrogen) atoms. The number of para-hydroxylation sites is 2. The Bertz CT molecular complexity index is 1140. The maximum absolute atomic E-state index is 12.2. The molecule has 8 heteroatoms. The van der Waals surface area contributed by atoms with Crippen LogP contribution in [0.1, 0.15) is 5.56 Å². The Morgan fingerprint density at radius 1 is 0.909 bits per heavy atom. The van der Waals surface area contributed by atoms with Crippen molar-refractivity contribution in [3.8, 4) is 17.2 Å². The van der Waals surface area contributed by atoms with Crippen LogP contribution in [-0.4, -0.2) is 32.6 Å². The zero-order chi connectivity index (χ0) is 23.6. The molecule has 3 aromatic rings. The minimum atomic E-state index is -0.317. The van der Waals surface area contributed by atoms with Gasteiger partial charge in [-0.25, -0.2) is 0 Å². The Balaban J connectivity index is 1.57. The summed E-state index contributed by atoms with van der Waals surface area (Å²) in [6, 6.07) is 19.1. The predicted octanol–water partition coefficient (Wildman–Crippen LogP) is 3.96. The Kier molecular flexibility index (Phi) is 7.91. The largest absolute Gasteiger partial charge is 0.497 e. The number of nitrogens with one attached hydrogen (secondary N) is 2. The summed E-state index contributed by atoms with van der Waals surface area (Å²) in [5.74, 6) is 0.901. The van der Waals surface area contributed by atoms with Crippen LogP contribution in [0.15, 0.2) is 72.8 Å². The molecule has 0 saturated carbocycles. The van der Waals surface area contributed by atoms with Crippen molar-refractivity contribution >= 4 is 35.0 Å². The van der Waals surface area contributed by atoms with Crippen molar-refractivity contribution in [2.24, 2.45) is 0 Å². The first kappa shape index (κ1) is 23.2. The smallest absolute Gasteiger partial charge is 0.262 e. The molecule has 0 fully saturated rings. The van der Waals surface area contributed by atoms with Crippen LogP contribution in [0, 0.1) is 0 Å². The highest BCUT2D eigenvalue weighted by molar-refractivity contribution is 6.03. The van der Waals surface area contributed by atoms with Crippen molar-refractivity contribution in [3.63, 3.8) is 0 Å². The summed E-state index contributed by atoms with van der Waals surface area (Å²) in [5.41, 5.74) is 8.21. The molecule has 0 unspecified atom stereocenters.